The maximum atomic E-state index is 9.58. The van der Waals surface area contributed by atoms with Crippen molar-refractivity contribution in [2.75, 3.05) is 23.3 Å². The number of nitriles is 1. The molecular formula is C17H14ClN5. The fourth-order valence-corrected chi connectivity index (χ4v) is 3.11. The van der Waals surface area contributed by atoms with E-state index in [9.17, 15) is 5.26 Å². The van der Waals surface area contributed by atoms with E-state index < -0.39 is 0 Å². The van der Waals surface area contributed by atoms with E-state index in [1.165, 1.54) is 5.56 Å². The summed E-state index contributed by atoms with van der Waals surface area (Å²) in [6, 6.07) is 14.0. The third kappa shape index (κ3) is 2.37. The molecule has 0 saturated carbocycles. The first-order valence-electron chi connectivity index (χ1n) is 7.41. The number of nitrogens with zero attached hydrogens (tertiary/aromatic N) is 4. The fourth-order valence-electron chi connectivity index (χ4n) is 2.95. The van der Waals surface area contributed by atoms with Crippen LogP contribution in [0.1, 0.15) is 11.3 Å². The molecule has 4 rings (SSSR count). The highest BCUT2D eigenvalue weighted by Gasteiger charge is 2.21. The highest BCUT2D eigenvalue weighted by molar-refractivity contribution is 6.30. The molecule has 1 aliphatic rings. The first-order chi connectivity index (χ1) is 11.3. The summed E-state index contributed by atoms with van der Waals surface area (Å²) in [4.78, 5) is 6.77. The molecule has 0 spiro atoms. The lowest BCUT2D eigenvalue weighted by atomic mass is 10.1. The van der Waals surface area contributed by atoms with Crippen molar-refractivity contribution in [1.29, 1.82) is 5.26 Å². The van der Waals surface area contributed by atoms with Gasteiger partial charge in [0, 0.05) is 42.6 Å². The fraction of sp³-hybridized carbons (Fsp3) is 0.176. The molecule has 2 aromatic heterocycles. The van der Waals surface area contributed by atoms with Crippen molar-refractivity contribution in [2.24, 2.45) is 0 Å². The molecule has 0 unspecified atom stereocenters. The molecule has 0 amide bonds. The number of imidazole rings is 1. The third-order valence-corrected chi connectivity index (χ3v) is 4.29. The average molecular weight is 324 g/mol. The van der Waals surface area contributed by atoms with E-state index in [1.807, 2.05) is 12.1 Å². The Balaban J connectivity index is 1.81. The highest BCUT2D eigenvalue weighted by Crippen LogP contribution is 2.27. The number of halogens is 1. The highest BCUT2D eigenvalue weighted by atomic mass is 35.5. The number of aromatic nitrogens is 2. The minimum absolute atomic E-state index is 0.538. The number of nitrogens with one attached hydrogen (secondary N) is 1. The van der Waals surface area contributed by atoms with Crippen molar-refractivity contribution in [3.63, 3.8) is 0 Å². The Kier molecular flexibility index (Phi) is 3.32. The van der Waals surface area contributed by atoms with Crippen molar-refractivity contribution in [1.82, 2.24) is 9.38 Å². The molecule has 0 bridgehead atoms. The van der Waals surface area contributed by atoms with Gasteiger partial charge in [-0.1, -0.05) is 29.8 Å². The van der Waals surface area contributed by atoms with Crippen LogP contribution in [0.5, 0.6) is 0 Å². The van der Waals surface area contributed by atoms with Crippen molar-refractivity contribution < 1.29 is 0 Å². The third-order valence-electron chi connectivity index (χ3n) is 4.05. The number of fused-ring (bicyclic) bond motifs is 2. The minimum atomic E-state index is 0.538. The van der Waals surface area contributed by atoms with Crippen LogP contribution < -0.4 is 10.2 Å². The zero-order valence-electron chi connectivity index (χ0n) is 12.3. The second-order valence-corrected chi connectivity index (χ2v) is 5.91. The van der Waals surface area contributed by atoms with Crippen LogP contribution in [0.3, 0.4) is 0 Å². The second kappa shape index (κ2) is 5.49. The SMILES string of the molecule is N#Cc1c(N2CCNc3ccccc3C2)nc2cc(Cl)ccn12. The average Bonchev–Trinajstić information content (AvgIpc) is 2.78. The summed E-state index contributed by atoms with van der Waals surface area (Å²) in [5.74, 6) is 0.702. The molecule has 23 heavy (non-hydrogen) atoms. The largest absolute Gasteiger partial charge is 0.383 e. The summed E-state index contributed by atoms with van der Waals surface area (Å²) >= 11 is 6.04. The maximum absolute atomic E-state index is 9.58. The minimum Gasteiger partial charge on any atom is -0.383 e. The van der Waals surface area contributed by atoms with Crippen molar-refractivity contribution in [3.8, 4) is 6.07 Å². The molecule has 0 fully saturated rings. The molecular weight excluding hydrogens is 310 g/mol. The Morgan fingerprint density at radius 1 is 1.26 bits per heavy atom. The van der Waals surface area contributed by atoms with Crippen LogP contribution in [0.15, 0.2) is 42.6 Å². The molecule has 0 saturated heterocycles. The molecule has 1 aromatic carbocycles. The molecule has 1 aliphatic heterocycles. The predicted octanol–water partition coefficient (Wildman–Crippen LogP) is 3.29. The first-order valence-corrected chi connectivity index (χ1v) is 7.78. The van der Waals surface area contributed by atoms with Crippen LogP contribution in [0.2, 0.25) is 5.02 Å². The van der Waals surface area contributed by atoms with Gasteiger partial charge in [-0.25, -0.2) is 4.98 Å². The quantitative estimate of drug-likeness (QED) is 0.746. The summed E-state index contributed by atoms with van der Waals surface area (Å²) < 4.78 is 1.78. The maximum Gasteiger partial charge on any atom is 0.169 e. The van der Waals surface area contributed by atoms with Gasteiger partial charge in [0.25, 0.3) is 0 Å². The smallest absolute Gasteiger partial charge is 0.169 e. The summed E-state index contributed by atoms with van der Waals surface area (Å²) in [5, 5.41) is 13.6. The van der Waals surface area contributed by atoms with Gasteiger partial charge in [0.2, 0.25) is 0 Å². The topological polar surface area (TPSA) is 56.4 Å². The standard InChI is InChI=1S/C17H14ClN5/c18-13-5-7-23-15(10-19)17(21-16(23)9-13)22-8-6-20-14-4-2-1-3-12(14)11-22/h1-5,7,9,20H,6,8,11H2. The first kappa shape index (κ1) is 13.9. The lowest BCUT2D eigenvalue weighted by molar-refractivity contribution is 0.813. The summed E-state index contributed by atoms with van der Waals surface area (Å²) in [6.45, 7) is 2.30. The summed E-state index contributed by atoms with van der Waals surface area (Å²) in [6.07, 6.45) is 1.79. The molecule has 0 atom stereocenters. The van der Waals surface area contributed by atoms with Crippen LogP contribution in [-0.4, -0.2) is 22.5 Å². The van der Waals surface area contributed by atoms with E-state index >= 15 is 0 Å². The Hall–Kier alpha value is -2.71. The Morgan fingerprint density at radius 2 is 2.13 bits per heavy atom. The number of rotatable bonds is 1. The van der Waals surface area contributed by atoms with Crippen LogP contribution in [-0.2, 0) is 6.54 Å². The van der Waals surface area contributed by atoms with Crippen molar-refractivity contribution in [2.45, 2.75) is 6.54 Å². The normalized spacial score (nSPS) is 14.0. The molecule has 114 valence electrons. The lowest BCUT2D eigenvalue weighted by Gasteiger charge is -2.20. The zero-order valence-corrected chi connectivity index (χ0v) is 13.1. The van der Waals surface area contributed by atoms with Crippen LogP contribution in [0.25, 0.3) is 5.65 Å². The van der Waals surface area contributed by atoms with Gasteiger partial charge in [-0.15, -0.1) is 0 Å². The van der Waals surface area contributed by atoms with Crippen molar-refractivity contribution in [3.05, 3.63) is 58.9 Å². The number of hydrogen-bond acceptors (Lipinski definition) is 4. The van der Waals surface area contributed by atoms with Gasteiger partial charge in [0.05, 0.1) is 0 Å². The Bertz CT molecular complexity index is 924. The van der Waals surface area contributed by atoms with E-state index in [1.54, 1.807) is 22.7 Å². The van der Waals surface area contributed by atoms with E-state index in [-0.39, 0.29) is 0 Å². The second-order valence-electron chi connectivity index (χ2n) is 5.47. The number of benzene rings is 1. The molecule has 0 aliphatic carbocycles. The number of pyridine rings is 1. The van der Waals surface area contributed by atoms with Gasteiger partial charge >= 0.3 is 0 Å². The molecule has 3 heterocycles. The van der Waals surface area contributed by atoms with Gasteiger partial charge in [-0.05, 0) is 17.7 Å². The van der Waals surface area contributed by atoms with E-state index in [2.05, 4.69) is 33.4 Å². The molecule has 0 radical (unpaired) electrons. The predicted molar refractivity (Wildman–Crippen MR) is 90.9 cm³/mol. The van der Waals surface area contributed by atoms with Gasteiger partial charge in [0.1, 0.15) is 11.7 Å². The number of para-hydroxylation sites is 1. The Labute approximate surface area is 138 Å². The van der Waals surface area contributed by atoms with Crippen LogP contribution in [0, 0.1) is 11.3 Å². The van der Waals surface area contributed by atoms with Crippen LogP contribution >= 0.6 is 11.6 Å². The van der Waals surface area contributed by atoms with Gasteiger partial charge in [0.15, 0.2) is 11.5 Å². The van der Waals surface area contributed by atoms with Gasteiger partial charge in [-0.3, -0.25) is 4.40 Å². The number of anilines is 2. The molecule has 1 N–H and O–H groups in total. The Morgan fingerprint density at radius 3 is 3.00 bits per heavy atom. The molecule has 3 aromatic rings. The summed E-state index contributed by atoms with van der Waals surface area (Å²) in [7, 11) is 0. The summed E-state index contributed by atoms with van der Waals surface area (Å²) in [5.41, 5.74) is 3.56. The molecule has 6 heteroatoms. The lowest BCUT2D eigenvalue weighted by Crippen LogP contribution is -2.26. The van der Waals surface area contributed by atoms with Crippen LogP contribution in [0.4, 0.5) is 11.5 Å². The molecule has 5 nitrogen and oxygen atoms in total. The monoisotopic (exact) mass is 323 g/mol. The van der Waals surface area contributed by atoms with Crippen molar-refractivity contribution >= 4 is 28.8 Å². The van der Waals surface area contributed by atoms with Gasteiger partial charge < -0.3 is 10.2 Å². The zero-order chi connectivity index (χ0) is 15.8. The number of hydrogen-bond donors (Lipinski definition) is 1. The van der Waals surface area contributed by atoms with E-state index in [0.29, 0.717) is 22.2 Å². The van der Waals surface area contributed by atoms with E-state index in [0.717, 1.165) is 25.3 Å². The van der Waals surface area contributed by atoms with E-state index in [4.69, 9.17) is 11.6 Å². The van der Waals surface area contributed by atoms with Gasteiger partial charge in [-0.2, -0.15) is 5.26 Å².